The Labute approximate surface area is 206 Å². The summed E-state index contributed by atoms with van der Waals surface area (Å²) in [5, 5.41) is 10.7. The topological polar surface area (TPSA) is 99.1 Å². The van der Waals surface area contributed by atoms with Gasteiger partial charge in [-0.05, 0) is 63.3 Å². The van der Waals surface area contributed by atoms with Gasteiger partial charge < -0.3 is 19.3 Å². The lowest BCUT2D eigenvalue weighted by Crippen LogP contribution is -2.47. The molecule has 1 aromatic carbocycles. The molecule has 7 heteroatoms. The van der Waals surface area contributed by atoms with Crippen molar-refractivity contribution in [2.75, 3.05) is 21.3 Å². The van der Waals surface area contributed by atoms with Crippen molar-refractivity contribution in [2.24, 2.45) is 11.3 Å². The average molecular weight is 483 g/mol. The van der Waals surface area contributed by atoms with Gasteiger partial charge in [-0.25, -0.2) is 0 Å². The summed E-state index contributed by atoms with van der Waals surface area (Å²) in [7, 11) is 4.43. The number of ketones is 3. The van der Waals surface area contributed by atoms with E-state index in [1.165, 1.54) is 33.5 Å². The number of benzene rings is 1. The first kappa shape index (κ1) is 27.6. The van der Waals surface area contributed by atoms with E-state index in [1.54, 1.807) is 12.1 Å². The summed E-state index contributed by atoms with van der Waals surface area (Å²) >= 11 is 0. The molecular formula is C28H34O7. The Bertz CT molecular complexity index is 1050. The van der Waals surface area contributed by atoms with Crippen LogP contribution in [0.4, 0.5) is 0 Å². The highest BCUT2D eigenvalue weighted by Crippen LogP contribution is 2.44. The quantitative estimate of drug-likeness (QED) is 0.248. The van der Waals surface area contributed by atoms with E-state index < -0.39 is 28.7 Å². The molecule has 1 atom stereocenters. The van der Waals surface area contributed by atoms with Crippen molar-refractivity contribution in [3.63, 3.8) is 0 Å². The van der Waals surface area contributed by atoms with Gasteiger partial charge in [0.2, 0.25) is 5.75 Å². The molecule has 0 fully saturated rings. The number of hydrogen-bond acceptors (Lipinski definition) is 7. The standard InChI is InChI=1S/C28H34O7/c1-17(2)10-12-28(13-11-18(3)4)24(31)16-21(30)25(27(28)32)20(29)9-8-19-14-22(33-5)26(35-7)23(15-19)34-6/h8-9,14-16,25,31H,1,3,10-13H2,2,4-7H3. The summed E-state index contributed by atoms with van der Waals surface area (Å²) < 4.78 is 16.0. The van der Waals surface area contributed by atoms with Crippen molar-refractivity contribution in [3.8, 4) is 17.2 Å². The van der Waals surface area contributed by atoms with Gasteiger partial charge in [-0.3, -0.25) is 14.4 Å². The van der Waals surface area contributed by atoms with Crippen LogP contribution in [0.5, 0.6) is 17.2 Å². The van der Waals surface area contributed by atoms with Gasteiger partial charge in [0.05, 0.1) is 26.7 Å². The Morgan fingerprint density at radius 3 is 1.94 bits per heavy atom. The normalized spacial score (nSPS) is 17.2. The number of Topliss-reactive ketones (excluding diaryl/α,β-unsaturated/α-hetero) is 1. The molecular weight excluding hydrogens is 448 g/mol. The fourth-order valence-corrected chi connectivity index (χ4v) is 4.11. The number of methoxy groups -OCH3 is 3. The summed E-state index contributed by atoms with van der Waals surface area (Å²) in [6.45, 7) is 11.4. The predicted molar refractivity (Wildman–Crippen MR) is 135 cm³/mol. The van der Waals surface area contributed by atoms with Crippen LogP contribution in [0.15, 0.2) is 54.3 Å². The van der Waals surface area contributed by atoms with E-state index in [0.29, 0.717) is 35.7 Å². The van der Waals surface area contributed by atoms with Crippen molar-refractivity contribution >= 4 is 23.4 Å². The van der Waals surface area contributed by atoms with Gasteiger partial charge in [-0.15, -0.1) is 13.2 Å². The minimum Gasteiger partial charge on any atom is -0.511 e. The molecule has 0 saturated carbocycles. The van der Waals surface area contributed by atoms with Crippen LogP contribution in [0.2, 0.25) is 0 Å². The molecule has 0 spiro atoms. The highest BCUT2D eigenvalue weighted by atomic mass is 16.5. The zero-order valence-corrected chi connectivity index (χ0v) is 21.1. The van der Waals surface area contributed by atoms with Gasteiger partial charge in [0, 0.05) is 6.08 Å². The monoisotopic (exact) mass is 482 g/mol. The molecule has 188 valence electrons. The zero-order valence-electron chi connectivity index (χ0n) is 21.1. The Balaban J connectivity index is 2.44. The fourth-order valence-electron chi connectivity index (χ4n) is 4.11. The molecule has 0 aliphatic heterocycles. The van der Waals surface area contributed by atoms with Crippen LogP contribution < -0.4 is 14.2 Å². The molecule has 0 heterocycles. The maximum absolute atomic E-state index is 13.6. The highest BCUT2D eigenvalue weighted by molar-refractivity contribution is 6.28. The van der Waals surface area contributed by atoms with Crippen molar-refractivity contribution in [3.05, 3.63) is 59.9 Å². The van der Waals surface area contributed by atoms with Crippen molar-refractivity contribution in [2.45, 2.75) is 39.5 Å². The van der Waals surface area contributed by atoms with Crippen LogP contribution in [0.3, 0.4) is 0 Å². The summed E-state index contributed by atoms with van der Waals surface area (Å²) in [6.07, 6.45) is 5.14. The maximum Gasteiger partial charge on any atom is 0.203 e. The van der Waals surface area contributed by atoms with E-state index in [1.807, 2.05) is 13.8 Å². The number of allylic oxidation sites excluding steroid dienone is 5. The van der Waals surface area contributed by atoms with E-state index in [4.69, 9.17) is 14.2 Å². The van der Waals surface area contributed by atoms with Gasteiger partial charge in [-0.1, -0.05) is 17.2 Å². The number of carbonyl (C=O) groups is 3. The molecule has 2 rings (SSSR count). The SMILES string of the molecule is C=C(C)CCC1(CCC(=C)C)C(=O)C(C(=O)C=Cc2cc(OC)c(OC)c(OC)c2)C(=O)C=C1O. The highest BCUT2D eigenvalue weighted by Gasteiger charge is 2.51. The minimum absolute atomic E-state index is 0.254. The first-order chi connectivity index (χ1) is 16.5. The van der Waals surface area contributed by atoms with Gasteiger partial charge in [0.1, 0.15) is 11.7 Å². The number of aliphatic hydroxyl groups is 1. The first-order valence-corrected chi connectivity index (χ1v) is 11.3. The van der Waals surface area contributed by atoms with Crippen LogP contribution in [0, 0.1) is 11.3 Å². The van der Waals surface area contributed by atoms with E-state index in [2.05, 4.69) is 13.2 Å². The molecule has 7 nitrogen and oxygen atoms in total. The van der Waals surface area contributed by atoms with Crippen molar-refractivity contribution in [1.29, 1.82) is 0 Å². The third-order valence-electron chi connectivity index (χ3n) is 6.16. The van der Waals surface area contributed by atoms with Crippen molar-refractivity contribution in [1.82, 2.24) is 0 Å². The van der Waals surface area contributed by atoms with Gasteiger partial charge in [0.15, 0.2) is 28.8 Å². The summed E-state index contributed by atoms with van der Waals surface area (Å²) in [5.74, 6) is -2.61. The Morgan fingerprint density at radius 2 is 1.51 bits per heavy atom. The molecule has 0 saturated heterocycles. The number of ether oxygens (including phenoxy) is 3. The molecule has 0 radical (unpaired) electrons. The summed E-state index contributed by atoms with van der Waals surface area (Å²) in [5.41, 5.74) is 0.884. The van der Waals surface area contributed by atoms with Crippen LogP contribution in [-0.4, -0.2) is 43.8 Å². The van der Waals surface area contributed by atoms with Crippen LogP contribution in [0.25, 0.3) is 6.08 Å². The summed E-state index contributed by atoms with van der Waals surface area (Å²) in [6, 6.07) is 3.29. The number of carbonyl (C=O) groups excluding carboxylic acids is 3. The molecule has 1 N–H and O–H groups in total. The lowest BCUT2D eigenvalue weighted by Gasteiger charge is -2.37. The van der Waals surface area contributed by atoms with Crippen LogP contribution in [-0.2, 0) is 14.4 Å². The lowest BCUT2D eigenvalue weighted by molar-refractivity contribution is -0.143. The first-order valence-electron chi connectivity index (χ1n) is 11.3. The second kappa shape index (κ2) is 11.7. The Kier molecular flexibility index (Phi) is 9.23. The smallest absolute Gasteiger partial charge is 0.203 e. The zero-order chi connectivity index (χ0) is 26.3. The lowest BCUT2D eigenvalue weighted by atomic mass is 9.64. The second-order valence-electron chi connectivity index (χ2n) is 8.92. The van der Waals surface area contributed by atoms with Crippen LogP contribution in [0.1, 0.15) is 45.1 Å². The number of hydrogen-bond donors (Lipinski definition) is 1. The number of aliphatic hydroxyl groups excluding tert-OH is 1. The fraction of sp³-hybridized carbons (Fsp3) is 0.393. The van der Waals surface area contributed by atoms with E-state index in [0.717, 1.165) is 17.2 Å². The molecule has 1 aromatic rings. The molecule has 0 amide bonds. The molecule has 35 heavy (non-hydrogen) atoms. The van der Waals surface area contributed by atoms with Gasteiger partial charge >= 0.3 is 0 Å². The second-order valence-corrected chi connectivity index (χ2v) is 8.92. The third kappa shape index (κ3) is 6.10. The average Bonchev–Trinajstić information content (AvgIpc) is 2.81. The van der Waals surface area contributed by atoms with E-state index >= 15 is 0 Å². The molecule has 0 aromatic heterocycles. The van der Waals surface area contributed by atoms with Crippen LogP contribution >= 0.6 is 0 Å². The molecule has 1 unspecified atom stereocenters. The minimum atomic E-state index is -1.53. The Hall–Kier alpha value is -3.61. The molecule has 0 bridgehead atoms. The van der Waals surface area contributed by atoms with Crippen molar-refractivity contribution < 1.29 is 33.7 Å². The molecule has 1 aliphatic rings. The third-order valence-corrected chi connectivity index (χ3v) is 6.16. The number of rotatable bonds is 12. The Morgan fingerprint density at radius 1 is 1.00 bits per heavy atom. The molecule has 1 aliphatic carbocycles. The van der Waals surface area contributed by atoms with E-state index in [-0.39, 0.29) is 18.6 Å². The van der Waals surface area contributed by atoms with Gasteiger partial charge in [0.25, 0.3) is 0 Å². The largest absolute Gasteiger partial charge is 0.511 e. The van der Waals surface area contributed by atoms with E-state index in [9.17, 15) is 19.5 Å². The van der Waals surface area contributed by atoms with Gasteiger partial charge in [-0.2, -0.15) is 0 Å². The summed E-state index contributed by atoms with van der Waals surface area (Å²) in [4.78, 5) is 39.5. The maximum atomic E-state index is 13.6. The predicted octanol–water partition coefficient (Wildman–Crippen LogP) is 5.20.